The van der Waals surface area contributed by atoms with Crippen LogP contribution in [0.2, 0.25) is 0 Å². The first kappa shape index (κ1) is 15.8. The minimum absolute atomic E-state index is 0.113. The number of halogens is 4. The number of furan rings is 1. The van der Waals surface area contributed by atoms with E-state index in [1.54, 1.807) is 12.1 Å². The molecule has 23 heavy (non-hydrogen) atoms. The molecule has 2 nitrogen and oxygen atoms in total. The Labute approximate surface area is 130 Å². The predicted molar refractivity (Wildman–Crippen MR) is 76.5 cm³/mol. The van der Waals surface area contributed by atoms with Gasteiger partial charge in [-0.1, -0.05) is 18.2 Å². The second kappa shape index (κ2) is 6.18. The van der Waals surface area contributed by atoms with Gasteiger partial charge < -0.3 is 4.42 Å². The van der Waals surface area contributed by atoms with Gasteiger partial charge in [0.05, 0.1) is 5.92 Å². The summed E-state index contributed by atoms with van der Waals surface area (Å²) in [6, 6.07) is 9.02. The van der Waals surface area contributed by atoms with Gasteiger partial charge in [0.1, 0.15) is 30.4 Å². The van der Waals surface area contributed by atoms with Crippen molar-refractivity contribution in [3.63, 3.8) is 0 Å². The van der Waals surface area contributed by atoms with Crippen LogP contribution in [0.5, 0.6) is 0 Å². The van der Waals surface area contributed by atoms with Crippen LogP contribution in [0.15, 0.2) is 40.8 Å². The molecule has 0 radical (unpaired) electrons. The number of hydrogen-bond donors (Lipinski definition) is 0. The van der Waals surface area contributed by atoms with Crippen molar-refractivity contribution in [1.82, 2.24) is 0 Å². The topological polar surface area (TPSA) is 30.2 Å². The smallest absolute Gasteiger partial charge is 0.185 e. The zero-order valence-electron chi connectivity index (χ0n) is 12.0. The monoisotopic (exact) mass is 326 g/mol. The van der Waals surface area contributed by atoms with Crippen molar-refractivity contribution in [2.24, 2.45) is 0 Å². The molecule has 1 saturated carbocycles. The zero-order chi connectivity index (χ0) is 16.6. The summed E-state index contributed by atoms with van der Waals surface area (Å²) in [5, 5.41) is 0. The van der Waals surface area contributed by atoms with E-state index in [0.29, 0.717) is 17.6 Å². The van der Waals surface area contributed by atoms with E-state index >= 15 is 0 Å². The standard InChI is InChI=1S/C17H14F4O2/c18-12-7-13(19)17(21)15(16(12)20)10-3-1-2-9(6-10)14-5-4-11(8-22)23-14/h1-6,8,12-13,15-17H,7H2. The van der Waals surface area contributed by atoms with Crippen LogP contribution >= 0.6 is 0 Å². The number of rotatable bonds is 3. The molecule has 4 unspecified atom stereocenters. The molecule has 0 N–H and O–H groups in total. The molecule has 0 bridgehead atoms. The average Bonchev–Trinajstić information content (AvgIpc) is 3.03. The van der Waals surface area contributed by atoms with Gasteiger partial charge in [-0.3, -0.25) is 4.79 Å². The lowest BCUT2D eigenvalue weighted by Gasteiger charge is -2.34. The maximum Gasteiger partial charge on any atom is 0.185 e. The Balaban J connectivity index is 1.96. The van der Waals surface area contributed by atoms with Gasteiger partial charge in [0, 0.05) is 12.0 Å². The highest BCUT2D eigenvalue weighted by atomic mass is 19.2. The van der Waals surface area contributed by atoms with E-state index in [2.05, 4.69) is 0 Å². The van der Waals surface area contributed by atoms with E-state index < -0.39 is 37.0 Å². The Morgan fingerprint density at radius 1 is 1.00 bits per heavy atom. The Hall–Kier alpha value is -2.11. The van der Waals surface area contributed by atoms with E-state index in [1.807, 2.05) is 0 Å². The Morgan fingerprint density at radius 2 is 1.70 bits per heavy atom. The Kier molecular flexibility index (Phi) is 4.24. The third-order valence-corrected chi connectivity index (χ3v) is 4.13. The second-order valence-electron chi connectivity index (χ2n) is 5.63. The molecule has 1 aliphatic rings. The highest BCUT2D eigenvalue weighted by Gasteiger charge is 2.47. The van der Waals surface area contributed by atoms with E-state index in [1.165, 1.54) is 24.3 Å². The van der Waals surface area contributed by atoms with Crippen molar-refractivity contribution in [1.29, 1.82) is 0 Å². The van der Waals surface area contributed by atoms with E-state index in [0.717, 1.165) is 0 Å². The summed E-state index contributed by atoms with van der Waals surface area (Å²) in [6.45, 7) is 0. The number of aldehydes is 1. The normalized spacial score (nSPS) is 31.0. The van der Waals surface area contributed by atoms with Gasteiger partial charge >= 0.3 is 0 Å². The zero-order valence-corrected chi connectivity index (χ0v) is 12.0. The van der Waals surface area contributed by atoms with E-state index in [-0.39, 0.29) is 11.3 Å². The van der Waals surface area contributed by atoms with Gasteiger partial charge in [0.2, 0.25) is 0 Å². The molecule has 0 aliphatic heterocycles. The summed E-state index contributed by atoms with van der Waals surface area (Å²) in [4.78, 5) is 10.6. The molecule has 4 atom stereocenters. The first-order valence-electron chi connectivity index (χ1n) is 7.23. The number of carbonyl (C=O) groups excluding carboxylic acids is 1. The van der Waals surface area contributed by atoms with Crippen molar-refractivity contribution in [3.05, 3.63) is 47.7 Å². The molecule has 0 saturated heterocycles. The van der Waals surface area contributed by atoms with Crippen LogP contribution in [0.3, 0.4) is 0 Å². The molecule has 0 amide bonds. The minimum Gasteiger partial charge on any atom is -0.453 e. The van der Waals surface area contributed by atoms with Crippen LogP contribution in [0, 0.1) is 0 Å². The van der Waals surface area contributed by atoms with Gasteiger partial charge in [0.25, 0.3) is 0 Å². The molecule has 1 aromatic carbocycles. The number of hydrogen-bond acceptors (Lipinski definition) is 2. The SMILES string of the molecule is O=Cc1ccc(-c2cccc(C3C(F)C(F)CC(F)C3F)c2)o1. The molecule has 3 rings (SSSR count). The molecule has 1 fully saturated rings. The van der Waals surface area contributed by atoms with Crippen molar-refractivity contribution < 1.29 is 26.8 Å². The molecule has 6 heteroatoms. The number of carbonyl (C=O) groups is 1. The van der Waals surface area contributed by atoms with Crippen LogP contribution in [-0.2, 0) is 0 Å². The van der Waals surface area contributed by atoms with Gasteiger partial charge in [-0.15, -0.1) is 0 Å². The quantitative estimate of drug-likeness (QED) is 0.609. The maximum absolute atomic E-state index is 14.1. The highest BCUT2D eigenvalue weighted by molar-refractivity contribution is 5.72. The molecular formula is C17H14F4O2. The van der Waals surface area contributed by atoms with Gasteiger partial charge in [0.15, 0.2) is 12.0 Å². The fourth-order valence-corrected chi connectivity index (χ4v) is 2.94. The summed E-state index contributed by atoms with van der Waals surface area (Å²) in [5.74, 6) is -1.05. The molecule has 2 aromatic rings. The lowest BCUT2D eigenvalue weighted by Crippen LogP contribution is -2.43. The first-order valence-corrected chi connectivity index (χ1v) is 7.23. The molecule has 0 spiro atoms. The predicted octanol–water partition coefficient (Wildman–Crippen LogP) is 4.60. The molecule has 1 heterocycles. The molecular weight excluding hydrogens is 312 g/mol. The van der Waals surface area contributed by atoms with Crippen molar-refractivity contribution >= 4 is 6.29 Å². The summed E-state index contributed by atoms with van der Waals surface area (Å²) < 4.78 is 60.6. The number of alkyl halides is 4. The third kappa shape index (κ3) is 2.90. The van der Waals surface area contributed by atoms with Gasteiger partial charge in [-0.2, -0.15) is 0 Å². The molecule has 1 aliphatic carbocycles. The Morgan fingerprint density at radius 3 is 2.30 bits per heavy atom. The molecule has 1 aromatic heterocycles. The fourth-order valence-electron chi connectivity index (χ4n) is 2.94. The van der Waals surface area contributed by atoms with E-state index in [9.17, 15) is 22.4 Å². The summed E-state index contributed by atoms with van der Waals surface area (Å²) in [5.41, 5.74) is 0.642. The fraction of sp³-hybridized carbons (Fsp3) is 0.353. The van der Waals surface area contributed by atoms with Crippen molar-refractivity contribution in [3.8, 4) is 11.3 Å². The van der Waals surface area contributed by atoms with Crippen LogP contribution in [0.1, 0.15) is 28.5 Å². The largest absolute Gasteiger partial charge is 0.453 e. The lowest BCUT2D eigenvalue weighted by atomic mass is 9.78. The summed E-state index contributed by atoms with van der Waals surface area (Å²) in [7, 11) is 0. The maximum atomic E-state index is 14.1. The van der Waals surface area contributed by atoms with Crippen LogP contribution in [-0.4, -0.2) is 31.0 Å². The third-order valence-electron chi connectivity index (χ3n) is 4.13. The minimum atomic E-state index is -2.10. The van der Waals surface area contributed by atoms with E-state index in [4.69, 9.17) is 4.42 Å². The van der Waals surface area contributed by atoms with Crippen LogP contribution < -0.4 is 0 Å². The second-order valence-corrected chi connectivity index (χ2v) is 5.63. The van der Waals surface area contributed by atoms with Crippen LogP contribution in [0.4, 0.5) is 17.6 Å². The molecule has 122 valence electrons. The van der Waals surface area contributed by atoms with Gasteiger partial charge in [-0.25, -0.2) is 17.6 Å². The van der Waals surface area contributed by atoms with Crippen LogP contribution in [0.25, 0.3) is 11.3 Å². The van der Waals surface area contributed by atoms with Crippen molar-refractivity contribution in [2.75, 3.05) is 0 Å². The lowest BCUT2D eigenvalue weighted by molar-refractivity contribution is -0.00569. The number of benzene rings is 1. The summed E-state index contributed by atoms with van der Waals surface area (Å²) >= 11 is 0. The summed E-state index contributed by atoms with van der Waals surface area (Å²) in [6.07, 6.45) is -8.50. The average molecular weight is 326 g/mol. The Bertz CT molecular complexity index is 685. The first-order chi connectivity index (χ1) is 11.0. The van der Waals surface area contributed by atoms with Crippen molar-refractivity contribution in [2.45, 2.75) is 37.0 Å². The van der Waals surface area contributed by atoms with Gasteiger partial charge in [-0.05, 0) is 23.8 Å². The highest BCUT2D eigenvalue weighted by Crippen LogP contribution is 2.41.